The van der Waals surface area contributed by atoms with Crippen LogP contribution in [0.2, 0.25) is 0 Å². The van der Waals surface area contributed by atoms with Gasteiger partial charge in [0.15, 0.2) is 0 Å². The van der Waals surface area contributed by atoms with E-state index in [0.29, 0.717) is 18.1 Å². The second-order valence-corrected chi connectivity index (χ2v) is 4.19. The lowest BCUT2D eigenvalue weighted by molar-refractivity contribution is 0.0953. The number of carbonyl (C=O) groups excluding carboxylic acids is 1. The molecule has 5 heteroatoms. The molecule has 0 spiro atoms. The predicted octanol–water partition coefficient (Wildman–Crippen LogP) is 2.22. The lowest BCUT2D eigenvalue weighted by atomic mass is 10.2. The Bertz CT molecular complexity index is 351. The number of nitrogens with zero attached hydrogens (tertiary/aromatic N) is 2. The van der Waals surface area contributed by atoms with Crippen molar-refractivity contribution >= 4 is 11.9 Å². The highest BCUT2D eigenvalue weighted by molar-refractivity contribution is 5.93. The smallest absolute Gasteiger partial charge is 0.254 e. The molecule has 1 heterocycles. The highest BCUT2D eigenvalue weighted by Crippen LogP contribution is 2.01. The van der Waals surface area contributed by atoms with Gasteiger partial charge in [0.2, 0.25) is 5.95 Å². The van der Waals surface area contributed by atoms with Gasteiger partial charge in [0.05, 0.1) is 5.56 Å². The van der Waals surface area contributed by atoms with Crippen molar-refractivity contribution in [1.82, 2.24) is 15.3 Å². The molecule has 0 aromatic carbocycles. The summed E-state index contributed by atoms with van der Waals surface area (Å²) in [6, 6.07) is 0. The van der Waals surface area contributed by atoms with E-state index in [9.17, 15) is 4.79 Å². The summed E-state index contributed by atoms with van der Waals surface area (Å²) < 4.78 is 0. The van der Waals surface area contributed by atoms with Gasteiger partial charge in [-0.1, -0.05) is 26.7 Å². The van der Waals surface area contributed by atoms with Gasteiger partial charge in [-0.25, -0.2) is 9.97 Å². The van der Waals surface area contributed by atoms with E-state index >= 15 is 0 Å². The van der Waals surface area contributed by atoms with E-state index in [0.717, 1.165) is 19.4 Å². The molecule has 2 N–H and O–H groups in total. The molecule has 100 valence electrons. The van der Waals surface area contributed by atoms with Gasteiger partial charge in [-0.05, 0) is 12.8 Å². The number of hydrogen-bond acceptors (Lipinski definition) is 4. The summed E-state index contributed by atoms with van der Waals surface area (Å²) >= 11 is 0. The standard InChI is InChI=1S/C13H22N4O/c1-3-5-6-8-15-13-16-9-11(10-17-13)12(18)14-7-4-2/h9-10H,3-8H2,1-2H3,(H,14,18)(H,15,16,17). The molecule has 1 rings (SSSR count). The molecular formula is C13H22N4O. The van der Waals surface area contributed by atoms with Gasteiger partial charge in [0.1, 0.15) is 0 Å². The van der Waals surface area contributed by atoms with E-state index in [1.165, 1.54) is 12.8 Å². The zero-order valence-corrected chi connectivity index (χ0v) is 11.2. The van der Waals surface area contributed by atoms with E-state index < -0.39 is 0 Å². The van der Waals surface area contributed by atoms with Crippen molar-refractivity contribution in [3.05, 3.63) is 18.0 Å². The summed E-state index contributed by atoms with van der Waals surface area (Å²) in [5.74, 6) is 0.465. The number of aromatic nitrogens is 2. The van der Waals surface area contributed by atoms with Gasteiger partial charge in [-0.15, -0.1) is 0 Å². The highest BCUT2D eigenvalue weighted by atomic mass is 16.1. The lowest BCUT2D eigenvalue weighted by Gasteiger charge is -2.05. The molecule has 1 amide bonds. The molecule has 0 unspecified atom stereocenters. The Morgan fingerprint density at radius 2 is 1.83 bits per heavy atom. The van der Waals surface area contributed by atoms with Crippen LogP contribution in [-0.4, -0.2) is 29.0 Å². The first kappa shape index (κ1) is 14.4. The predicted molar refractivity (Wildman–Crippen MR) is 72.7 cm³/mol. The Kier molecular flexibility index (Phi) is 6.76. The van der Waals surface area contributed by atoms with Crippen molar-refractivity contribution in [1.29, 1.82) is 0 Å². The van der Waals surface area contributed by atoms with Crippen LogP contribution in [0.1, 0.15) is 49.9 Å². The van der Waals surface area contributed by atoms with E-state index in [-0.39, 0.29) is 5.91 Å². The van der Waals surface area contributed by atoms with Crippen LogP contribution in [0, 0.1) is 0 Å². The minimum absolute atomic E-state index is 0.116. The number of amides is 1. The largest absolute Gasteiger partial charge is 0.354 e. The minimum Gasteiger partial charge on any atom is -0.354 e. The van der Waals surface area contributed by atoms with Crippen LogP contribution < -0.4 is 10.6 Å². The molecule has 0 aliphatic rings. The SMILES string of the molecule is CCCCCNc1ncc(C(=O)NCCC)cn1. The van der Waals surface area contributed by atoms with Gasteiger partial charge >= 0.3 is 0 Å². The van der Waals surface area contributed by atoms with Crippen molar-refractivity contribution in [2.75, 3.05) is 18.4 Å². The Morgan fingerprint density at radius 1 is 1.11 bits per heavy atom. The third-order valence-corrected chi connectivity index (χ3v) is 2.51. The minimum atomic E-state index is -0.116. The average molecular weight is 250 g/mol. The van der Waals surface area contributed by atoms with Gasteiger partial charge in [-0.3, -0.25) is 4.79 Å². The Hall–Kier alpha value is -1.65. The van der Waals surface area contributed by atoms with E-state index in [1.54, 1.807) is 12.4 Å². The second kappa shape index (κ2) is 8.44. The van der Waals surface area contributed by atoms with Crippen LogP contribution in [0.15, 0.2) is 12.4 Å². The van der Waals surface area contributed by atoms with Crippen LogP contribution >= 0.6 is 0 Å². The molecule has 5 nitrogen and oxygen atoms in total. The first-order chi connectivity index (χ1) is 8.77. The summed E-state index contributed by atoms with van der Waals surface area (Å²) in [4.78, 5) is 19.8. The maximum absolute atomic E-state index is 11.6. The molecule has 0 fully saturated rings. The molecule has 0 aliphatic carbocycles. The Balaban J connectivity index is 2.39. The first-order valence-corrected chi connectivity index (χ1v) is 6.62. The average Bonchev–Trinajstić information content (AvgIpc) is 2.41. The van der Waals surface area contributed by atoms with E-state index in [1.807, 2.05) is 6.92 Å². The van der Waals surface area contributed by atoms with Gasteiger partial charge in [0.25, 0.3) is 5.91 Å². The molecule has 1 aromatic rings. The molecule has 1 aromatic heterocycles. The fourth-order valence-corrected chi connectivity index (χ4v) is 1.45. The third kappa shape index (κ3) is 5.12. The summed E-state index contributed by atoms with van der Waals surface area (Å²) in [6.45, 7) is 5.73. The van der Waals surface area contributed by atoms with Crippen LogP contribution in [0.3, 0.4) is 0 Å². The molecule has 18 heavy (non-hydrogen) atoms. The van der Waals surface area contributed by atoms with Crippen LogP contribution in [-0.2, 0) is 0 Å². The quantitative estimate of drug-likeness (QED) is 0.694. The lowest BCUT2D eigenvalue weighted by Crippen LogP contribution is -2.24. The summed E-state index contributed by atoms with van der Waals surface area (Å²) in [5.41, 5.74) is 0.502. The second-order valence-electron chi connectivity index (χ2n) is 4.19. The number of anilines is 1. The summed E-state index contributed by atoms with van der Waals surface area (Å²) in [5, 5.41) is 5.92. The fourth-order valence-electron chi connectivity index (χ4n) is 1.45. The summed E-state index contributed by atoms with van der Waals surface area (Å²) in [6.07, 6.45) is 7.53. The molecule has 0 atom stereocenters. The van der Waals surface area contributed by atoms with Gasteiger partial charge in [0, 0.05) is 25.5 Å². The third-order valence-electron chi connectivity index (χ3n) is 2.51. The van der Waals surface area contributed by atoms with Crippen molar-refractivity contribution < 1.29 is 4.79 Å². The van der Waals surface area contributed by atoms with Crippen molar-refractivity contribution in [2.45, 2.75) is 39.5 Å². The monoisotopic (exact) mass is 250 g/mol. The number of carbonyl (C=O) groups is 1. The van der Waals surface area contributed by atoms with Crippen molar-refractivity contribution in [2.24, 2.45) is 0 Å². The Labute approximate surface area is 108 Å². The topological polar surface area (TPSA) is 66.9 Å². The first-order valence-electron chi connectivity index (χ1n) is 6.62. The zero-order valence-electron chi connectivity index (χ0n) is 11.2. The molecular weight excluding hydrogens is 228 g/mol. The van der Waals surface area contributed by atoms with E-state index in [4.69, 9.17) is 0 Å². The molecule has 0 saturated carbocycles. The molecule has 0 saturated heterocycles. The molecule has 0 aliphatic heterocycles. The number of unbranched alkanes of at least 4 members (excludes halogenated alkanes) is 2. The van der Waals surface area contributed by atoms with Gasteiger partial charge < -0.3 is 10.6 Å². The summed E-state index contributed by atoms with van der Waals surface area (Å²) in [7, 11) is 0. The van der Waals surface area contributed by atoms with E-state index in [2.05, 4.69) is 27.5 Å². The maximum Gasteiger partial charge on any atom is 0.254 e. The normalized spacial score (nSPS) is 10.1. The number of rotatable bonds is 8. The molecule has 0 bridgehead atoms. The fraction of sp³-hybridized carbons (Fsp3) is 0.615. The van der Waals surface area contributed by atoms with Crippen molar-refractivity contribution in [3.8, 4) is 0 Å². The van der Waals surface area contributed by atoms with Crippen LogP contribution in [0.4, 0.5) is 5.95 Å². The maximum atomic E-state index is 11.6. The molecule has 0 radical (unpaired) electrons. The van der Waals surface area contributed by atoms with Crippen LogP contribution in [0.5, 0.6) is 0 Å². The Morgan fingerprint density at radius 3 is 2.44 bits per heavy atom. The number of nitrogens with one attached hydrogen (secondary N) is 2. The van der Waals surface area contributed by atoms with Crippen molar-refractivity contribution in [3.63, 3.8) is 0 Å². The highest BCUT2D eigenvalue weighted by Gasteiger charge is 2.05. The van der Waals surface area contributed by atoms with Crippen LogP contribution in [0.25, 0.3) is 0 Å². The van der Waals surface area contributed by atoms with Gasteiger partial charge in [-0.2, -0.15) is 0 Å². The zero-order chi connectivity index (χ0) is 13.2. The number of hydrogen-bond donors (Lipinski definition) is 2.